The Morgan fingerprint density at radius 1 is 0.966 bits per heavy atom. The second-order valence-corrected chi connectivity index (χ2v) is 6.72. The number of methoxy groups -OCH3 is 2. The average Bonchev–Trinajstić information content (AvgIpc) is 2.67. The Hall–Kier alpha value is -1.42. The minimum atomic E-state index is -1.74. The van der Waals surface area contributed by atoms with Crippen LogP contribution in [0.1, 0.15) is 6.92 Å². The maximum atomic E-state index is 11.6. The van der Waals surface area contributed by atoms with E-state index in [2.05, 4.69) is 5.32 Å². The van der Waals surface area contributed by atoms with Crippen molar-refractivity contribution in [1.82, 2.24) is 5.32 Å². The molecule has 10 atom stereocenters. The Labute approximate surface area is 166 Å². The van der Waals surface area contributed by atoms with Gasteiger partial charge >= 0.3 is 5.97 Å². The van der Waals surface area contributed by atoms with Crippen LogP contribution in [-0.4, -0.2) is 120 Å². The van der Waals surface area contributed by atoms with Crippen LogP contribution >= 0.6 is 0 Å². The van der Waals surface area contributed by atoms with E-state index < -0.39 is 79.8 Å². The molecule has 2 aliphatic heterocycles. The van der Waals surface area contributed by atoms with Crippen molar-refractivity contribution in [3.63, 3.8) is 0 Å². The molecule has 0 aromatic heterocycles. The van der Waals surface area contributed by atoms with Crippen LogP contribution in [0.2, 0.25) is 0 Å². The largest absolute Gasteiger partial charge is 0.479 e. The molecule has 0 aliphatic carbocycles. The predicted molar refractivity (Wildman–Crippen MR) is 90.3 cm³/mol. The first kappa shape index (κ1) is 23.9. The molecule has 2 aliphatic rings. The molecule has 168 valence electrons. The van der Waals surface area contributed by atoms with Gasteiger partial charge in [0.1, 0.15) is 42.7 Å². The summed E-state index contributed by atoms with van der Waals surface area (Å²) in [6, 6.07) is -1.10. The van der Waals surface area contributed by atoms with Crippen LogP contribution in [0.4, 0.5) is 0 Å². The van der Waals surface area contributed by atoms with Crippen molar-refractivity contribution in [1.29, 1.82) is 0 Å². The van der Waals surface area contributed by atoms with Gasteiger partial charge in [-0.3, -0.25) is 4.79 Å². The van der Waals surface area contributed by atoms with E-state index in [9.17, 15) is 35.1 Å². The van der Waals surface area contributed by atoms with Gasteiger partial charge in [-0.1, -0.05) is 0 Å². The second kappa shape index (κ2) is 10.1. The molecule has 2 rings (SSSR count). The number of carbonyl (C=O) groups excluding carboxylic acids is 1. The number of rotatable bonds is 7. The van der Waals surface area contributed by atoms with E-state index in [4.69, 9.17) is 23.7 Å². The number of aliphatic carboxylic acids is 1. The summed E-state index contributed by atoms with van der Waals surface area (Å²) in [5, 5.41) is 52.3. The fourth-order valence-electron chi connectivity index (χ4n) is 3.39. The first-order valence-electron chi connectivity index (χ1n) is 8.83. The summed E-state index contributed by atoms with van der Waals surface area (Å²) in [4.78, 5) is 23.0. The summed E-state index contributed by atoms with van der Waals surface area (Å²) in [6.07, 6.45) is -13.3. The number of amides is 1. The standard InChI is InChI=1S/C16H27NO12/c1-5(19)17-7-11(8(20)6(4-18)27-15(7)26-3)28-16-10(22)9(21)12(25-2)13(29-16)14(23)24/h6-13,15-16,18,20-22H,4H2,1-3H3,(H,17,19)(H,23,24). The van der Waals surface area contributed by atoms with Gasteiger partial charge in [0.25, 0.3) is 0 Å². The molecule has 10 unspecified atom stereocenters. The first-order valence-corrected chi connectivity index (χ1v) is 8.83. The fourth-order valence-corrected chi connectivity index (χ4v) is 3.39. The molecule has 0 radical (unpaired) electrons. The van der Waals surface area contributed by atoms with E-state index in [1.54, 1.807) is 0 Å². The monoisotopic (exact) mass is 425 g/mol. The van der Waals surface area contributed by atoms with Crippen LogP contribution in [0.25, 0.3) is 0 Å². The quantitative estimate of drug-likeness (QED) is 0.233. The number of aliphatic hydroxyl groups is 4. The third kappa shape index (κ3) is 5.02. The third-order valence-electron chi connectivity index (χ3n) is 4.81. The van der Waals surface area contributed by atoms with Gasteiger partial charge in [0.15, 0.2) is 18.7 Å². The van der Waals surface area contributed by atoms with Crippen LogP contribution in [0, 0.1) is 0 Å². The Balaban J connectivity index is 2.30. The average molecular weight is 425 g/mol. The van der Waals surface area contributed by atoms with Gasteiger partial charge < -0.3 is 54.5 Å². The van der Waals surface area contributed by atoms with Gasteiger partial charge in [-0.05, 0) is 0 Å². The maximum Gasteiger partial charge on any atom is 0.335 e. The number of ether oxygens (including phenoxy) is 5. The van der Waals surface area contributed by atoms with E-state index in [0.29, 0.717) is 0 Å². The third-order valence-corrected chi connectivity index (χ3v) is 4.81. The SMILES string of the molecule is COC1OC(CO)C(O)C(OC2OC(C(=O)O)C(OC)C(O)C2O)C1NC(C)=O. The van der Waals surface area contributed by atoms with Crippen LogP contribution in [-0.2, 0) is 33.3 Å². The van der Waals surface area contributed by atoms with E-state index in [1.165, 1.54) is 14.0 Å². The summed E-state index contributed by atoms with van der Waals surface area (Å²) >= 11 is 0. The Bertz CT molecular complexity index is 576. The van der Waals surface area contributed by atoms with Crippen LogP contribution in [0.15, 0.2) is 0 Å². The Morgan fingerprint density at radius 2 is 1.62 bits per heavy atom. The van der Waals surface area contributed by atoms with Gasteiger partial charge in [-0.15, -0.1) is 0 Å². The molecule has 0 saturated carbocycles. The van der Waals surface area contributed by atoms with Crippen molar-refractivity contribution in [2.45, 2.75) is 68.3 Å². The molecule has 0 bridgehead atoms. The van der Waals surface area contributed by atoms with Crippen molar-refractivity contribution in [2.75, 3.05) is 20.8 Å². The number of hydrogen-bond donors (Lipinski definition) is 6. The second-order valence-electron chi connectivity index (χ2n) is 6.72. The maximum absolute atomic E-state index is 11.6. The van der Waals surface area contributed by atoms with Gasteiger partial charge in [-0.2, -0.15) is 0 Å². The van der Waals surface area contributed by atoms with Crippen molar-refractivity contribution in [3.8, 4) is 0 Å². The zero-order valence-electron chi connectivity index (χ0n) is 16.1. The molecule has 6 N–H and O–H groups in total. The summed E-state index contributed by atoms with van der Waals surface area (Å²) in [5.74, 6) is -1.98. The molecule has 29 heavy (non-hydrogen) atoms. The lowest BCUT2D eigenvalue weighted by Crippen LogP contribution is -2.68. The van der Waals surface area contributed by atoms with Crippen LogP contribution in [0.3, 0.4) is 0 Å². The van der Waals surface area contributed by atoms with E-state index in [-0.39, 0.29) is 0 Å². The molecule has 2 saturated heterocycles. The number of hydrogen-bond acceptors (Lipinski definition) is 11. The molecular formula is C16H27NO12. The highest BCUT2D eigenvalue weighted by Gasteiger charge is 2.53. The normalized spacial score (nSPS) is 43.0. The van der Waals surface area contributed by atoms with Gasteiger partial charge in [0, 0.05) is 21.1 Å². The van der Waals surface area contributed by atoms with E-state index in [0.717, 1.165) is 7.11 Å². The summed E-state index contributed by atoms with van der Waals surface area (Å²) < 4.78 is 26.3. The number of aliphatic hydroxyl groups excluding tert-OH is 4. The van der Waals surface area contributed by atoms with Crippen LogP contribution in [0.5, 0.6) is 0 Å². The van der Waals surface area contributed by atoms with Crippen molar-refractivity contribution in [2.24, 2.45) is 0 Å². The number of nitrogens with one attached hydrogen (secondary N) is 1. The number of carboxylic acids is 1. The molecule has 0 aromatic rings. The molecule has 0 aromatic carbocycles. The fraction of sp³-hybridized carbons (Fsp3) is 0.875. The van der Waals surface area contributed by atoms with Gasteiger partial charge in [-0.25, -0.2) is 4.79 Å². The number of carboxylic acid groups (broad SMARTS) is 1. The zero-order valence-corrected chi connectivity index (χ0v) is 16.1. The van der Waals surface area contributed by atoms with E-state index in [1.807, 2.05) is 0 Å². The summed E-state index contributed by atoms with van der Waals surface area (Å²) in [5.41, 5.74) is 0. The summed E-state index contributed by atoms with van der Waals surface area (Å²) in [7, 11) is 2.41. The first-order chi connectivity index (χ1) is 13.7. The molecule has 13 heteroatoms. The number of carbonyl (C=O) groups is 2. The van der Waals surface area contributed by atoms with Gasteiger partial charge in [0.05, 0.1) is 6.61 Å². The molecule has 1 amide bonds. The molecule has 13 nitrogen and oxygen atoms in total. The highest BCUT2D eigenvalue weighted by molar-refractivity contribution is 5.73. The lowest BCUT2D eigenvalue weighted by Gasteiger charge is -2.47. The minimum Gasteiger partial charge on any atom is -0.479 e. The topological polar surface area (TPSA) is 193 Å². The minimum absolute atomic E-state index is 0.517. The lowest BCUT2D eigenvalue weighted by molar-refractivity contribution is -0.339. The summed E-state index contributed by atoms with van der Waals surface area (Å²) in [6.45, 7) is 0.585. The lowest BCUT2D eigenvalue weighted by atomic mass is 9.95. The van der Waals surface area contributed by atoms with Crippen molar-refractivity contribution in [3.05, 3.63) is 0 Å². The molecule has 2 fully saturated rings. The molecule has 0 spiro atoms. The van der Waals surface area contributed by atoms with Gasteiger partial charge in [0.2, 0.25) is 5.91 Å². The van der Waals surface area contributed by atoms with E-state index >= 15 is 0 Å². The molecule has 2 heterocycles. The smallest absolute Gasteiger partial charge is 0.335 e. The van der Waals surface area contributed by atoms with Crippen molar-refractivity contribution >= 4 is 11.9 Å². The highest BCUT2D eigenvalue weighted by Crippen LogP contribution is 2.30. The van der Waals surface area contributed by atoms with Crippen molar-refractivity contribution < 1.29 is 58.8 Å². The Kier molecular flexibility index (Phi) is 8.28. The zero-order chi connectivity index (χ0) is 21.9. The van der Waals surface area contributed by atoms with Crippen LogP contribution < -0.4 is 5.32 Å². The Morgan fingerprint density at radius 3 is 2.10 bits per heavy atom. The highest BCUT2D eigenvalue weighted by atomic mass is 16.7. The predicted octanol–water partition coefficient (Wildman–Crippen LogP) is -3.85. The molecular weight excluding hydrogens is 398 g/mol.